The zero-order chi connectivity index (χ0) is 10.7. The van der Waals surface area contributed by atoms with Crippen molar-refractivity contribution in [3.63, 3.8) is 0 Å². The van der Waals surface area contributed by atoms with E-state index < -0.39 is 0 Å². The topological polar surface area (TPSA) is 51.8 Å². The van der Waals surface area contributed by atoms with Crippen molar-refractivity contribution in [2.24, 2.45) is 0 Å². The molecule has 2 aromatic rings. The fourth-order valence-corrected chi connectivity index (χ4v) is 1.81. The Labute approximate surface area is 90.6 Å². The van der Waals surface area contributed by atoms with Crippen LogP contribution in [0, 0.1) is 5.82 Å². The van der Waals surface area contributed by atoms with Gasteiger partial charge >= 0.3 is 0 Å². The number of hydrogen-bond donors (Lipinski definition) is 1. The Hall–Kier alpha value is -1.62. The lowest BCUT2D eigenvalue weighted by Gasteiger charge is -2.03. The normalized spacial score (nSPS) is 10.2. The Morgan fingerprint density at radius 3 is 2.67 bits per heavy atom. The molecule has 5 heteroatoms. The van der Waals surface area contributed by atoms with Crippen LogP contribution in [0.4, 0.5) is 10.1 Å². The summed E-state index contributed by atoms with van der Waals surface area (Å²) in [5.41, 5.74) is 6.22. The van der Waals surface area contributed by atoms with Crippen LogP contribution in [0.25, 0.3) is 0 Å². The lowest BCUT2D eigenvalue weighted by atomic mass is 10.3. The second-order valence-electron chi connectivity index (χ2n) is 2.82. The lowest BCUT2D eigenvalue weighted by molar-refractivity contribution is 0.624. The number of aromatic nitrogens is 2. The van der Waals surface area contributed by atoms with Gasteiger partial charge in [-0.25, -0.2) is 14.4 Å². The van der Waals surface area contributed by atoms with E-state index in [1.165, 1.54) is 30.0 Å². The number of benzene rings is 1. The van der Waals surface area contributed by atoms with Crippen molar-refractivity contribution in [1.82, 2.24) is 9.97 Å². The summed E-state index contributed by atoms with van der Waals surface area (Å²) < 4.78 is 12.9. The molecular formula is C10H8FN3S. The molecule has 1 aromatic carbocycles. The second-order valence-corrected chi connectivity index (χ2v) is 3.82. The molecule has 0 amide bonds. The van der Waals surface area contributed by atoms with E-state index in [-0.39, 0.29) is 5.82 Å². The molecule has 0 aliphatic carbocycles. The second kappa shape index (κ2) is 4.27. The van der Waals surface area contributed by atoms with Crippen LogP contribution in [0.5, 0.6) is 0 Å². The van der Waals surface area contributed by atoms with Crippen molar-refractivity contribution in [1.29, 1.82) is 0 Å². The van der Waals surface area contributed by atoms with Crippen molar-refractivity contribution in [2.45, 2.75) is 10.1 Å². The number of rotatable bonds is 2. The monoisotopic (exact) mass is 221 g/mol. The SMILES string of the molecule is Nc1ccc(F)cc1Sc1ncccn1. The minimum Gasteiger partial charge on any atom is -0.398 e. The van der Waals surface area contributed by atoms with Crippen LogP contribution < -0.4 is 5.73 Å². The predicted octanol–water partition coefficient (Wildman–Crippen LogP) is 2.35. The van der Waals surface area contributed by atoms with Crippen LogP contribution in [0.1, 0.15) is 0 Å². The van der Waals surface area contributed by atoms with E-state index in [2.05, 4.69) is 9.97 Å². The summed E-state index contributed by atoms with van der Waals surface area (Å²) in [5, 5.41) is 0.551. The predicted molar refractivity (Wildman–Crippen MR) is 57.0 cm³/mol. The number of nitrogens with zero attached hydrogens (tertiary/aromatic N) is 2. The highest BCUT2D eigenvalue weighted by atomic mass is 32.2. The van der Waals surface area contributed by atoms with Crippen molar-refractivity contribution in [2.75, 3.05) is 5.73 Å². The molecule has 0 unspecified atom stereocenters. The maximum Gasteiger partial charge on any atom is 0.192 e. The van der Waals surface area contributed by atoms with Gasteiger partial charge < -0.3 is 5.73 Å². The first-order chi connectivity index (χ1) is 7.25. The average Bonchev–Trinajstić information content (AvgIpc) is 2.25. The van der Waals surface area contributed by atoms with E-state index in [0.717, 1.165) is 0 Å². The summed E-state index contributed by atoms with van der Waals surface area (Å²) in [6, 6.07) is 5.95. The van der Waals surface area contributed by atoms with Gasteiger partial charge in [0.25, 0.3) is 0 Å². The molecular weight excluding hydrogens is 213 g/mol. The average molecular weight is 221 g/mol. The first kappa shape index (κ1) is 9.92. The Bertz CT molecular complexity index is 461. The van der Waals surface area contributed by atoms with Crippen molar-refractivity contribution >= 4 is 17.4 Å². The van der Waals surface area contributed by atoms with Crippen LogP contribution in [-0.2, 0) is 0 Å². The molecule has 0 saturated heterocycles. The maximum absolute atomic E-state index is 12.9. The zero-order valence-electron chi connectivity index (χ0n) is 7.72. The van der Waals surface area contributed by atoms with Gasteiger partial charge in [0.05, 0.1) is 0 Å². The molecule has 0 aliphatic heterocycles. The van der Waals surface area contributed by atoms with E-state index in [0.29, 0.717) is 15.7 Å². The van der Waals surface area contributed by atoms with Gasteiger partial charge in [0.15, 0.2) is 5.16 Å². The Morgan fingerprint density at radius 1 is 1.20 bits per heavy atom. The quantitative estimate of drug-likeness (QED) is 0.624. The Morgan fingerprint density at radius 2 is 1.93 bits per heavy atom. The van der Waals surface area contributed by atoms with Crippen molar-refractivity contribution in [3.05, 3.63) is 42.5 Å². The Balaban J connectivity index is 2.28. The van der Waals surface area contributed by atoms with Gasteiger partial charge in [-0.05, 0) is 36.0 Å². The molecule has 2 rings (SSSR count). The van der Waals surface area contributed by atoms with Crippen molar-refractivity contribution < 1.29 is 4.39 Å². The van der Waals surface area contributed by atoms with Crippen LogP contribution in [0.2, 0.25) is 0 Å². The molecule has 0 aliphatic rings. The first-order valence-corrected chi connectivity index (χ1v) is 5.07. The number of nitrogens with two attached hydrogens (primary N) is 1. The summed E-state index contributed by atoms with van der Waals surface area (Å²) in [7, 11) is 0. The van der Waals surface area contributed by atoms with Gasteiger partial charge in [-0.3, -0.25) is 0 Å². The number of halogens is 1. The summed E-state index contributed by atoms with van der Waals surface area (Å²) in [6.45, 7) is 0. The molecule has 15 heavy (non-hydrogen) atoms. The zero-order valence-corrected chi connectivity index (χ0v) is 8.54. The number of anilines is 1. The van der Waals surface area contributed by atoms with E-state index >= 15 is 0 Å². The van der Waals surface area contributed by atoms with Crippen LogP contribution >= 0.6 is 11.8 Å². The fourth-order valence-electron chi connectivity index (χ4n) is 1.03. The Kier molecular flexibility index (Phi) is 2.82. The highest BCUT2D eigenvalue weighted by Gasteiger charge is 2.04. The summed E-state index contributed by atoms with van der Waals surface area (Å²) in [5.74, 6) is -0.317. The van der Waals surface area contributed by atoms with E-state index in [9.17, 15) is 4.39 Å². The molecule has 2 N–H and O–H groups in total. The molecule has 0 spiro atoms. The fraction of sp³-hybridized carbons (Fsp3) is 0. The van der Waals surface area contributed by atoms with Gasteiger partial charge in [0.2, 0.25) is 0 Å². The van der Waals surface area contributed by atoms with Gasteiger partial charge in [-0.15, -0.1) is 0 Å². The molecule has 1 aromatic heterocycles. The first-order valence-electron chi connectivity index (χ1n) is 4.25. The van der Waals surface area contributed by atoms with E-state index in [4.69, 9.17) is 5.73 Å². The summed E-state index contributed by atoms with van der Waals surface area (Å²) in [4.78, 5) is 8.66. The molecule has 1 heterocycles. The van der Waals surface area contributed by atoms with Crippen LogP contribution in [0.15, 0.2) is 46.7 Å². The van der Waals surface area contributed by atoms with E-state index in [1.54, 1.807) is 18.5 Å². The van der Waals surface area contributed by atoms with Crippen molar-refractivity contribution in [3.8, 4) is 0 Å². The minimum atomic E-state index is -0.317. The molecule has 0 fully saturated rings. The standard InChI is InChI=1S/C10H8FN3S/c11-7-2-3-8(12)9(6-7)15-10-13-4-1-5-14-10/h1-6H,12H2. The highest BCUT2D eigenvalue weighted by Crippen LogP contribution is 2.29. The molecule has 0 saturated carbocycles. The van der Waals surface area contributed by atoms with Crippen LogP contribution in [0.3, 0.4) is 0 Å². The molecule has 3 nitrogen and oxygen atoms in total. The third kappa shape index (κ3) is 2.44. The number of nitrogen functional groups attached to an aromatic ring is 1. The molecule has 0 bridgehead atoms. The van der Waals surface area contributed by atoms with Crippen LogP contribution in [-0.4, -0.2) is 9.97 Å². The summed E-state index contributed by atoms with van der Waals surface area (Å²) >= 11 is 1.24. The van der Waals surface area contributed by atoms with E-state index in [1.807, 2.05) is 0 Å². The van der Waals surface area contributed by atoms with Gasteiger partial charge in [-0.1, -0.05) is 0 Å². The van der Waals surface area contributed by atoms with Gasteiger partial charge in [-0.2, -0.15) is 0 Å². The third-order valence-corrected chi connectivity index (χ3v) is 2.69. The number of hydrogen-bond acceptors (Lipinski definition) is 4. The minimum absolute atomic E-state index is 0.317. The molecule has 0 radical (unpaired) electrons. The highest BCUT2D eigenvalue weighted by molar-refractivity contribution is 7.99. The molecule has 76 valence electrons. The lowest BCUT2D eigenvalue weighted by Crippen LogP contribution is -1.91. The van der Waals surface area contributed by atoms with Gasteiger partial charge in [0.1, 0.15) is 5.82 Å². The smallest absolute Gasteiger partial charge is 0.192 e. The summed E-state index contributed by atoms with van der Waals surface area (Å²) in [6.07, 6.45) is 3.26. The third-order valence-electron chi connectivity index (χ3n) is 1.72. The molecule has 0 atom stereocenters. The largest absolute Gasteiger partial charge is 0.398 e. The van der Waals surface area contributed by atoms with Gasteiger partial charge in [0, 0.05) is 23.0 Å². The maximum atomic E-state index is 12.9.